The minimum Gasteiger partial charge on any atom is -0.488 e. The molecular weight excluding hydrogens is 282 g/mol. The van der Waals surface area contributed by atoms with E-state index in [2.05, 4.69) is 0 Å². The van der Waals surface area contributed by atoms with Gasteiger partial charge in [-0.25, -0.2) is 4.79 Å². The molecule has 1 heterocycles. The van der Waals surface area contributed by atoms with Crippen molar-refractivity contribution in [1.82, 2.24) is 0 Å². The molecule has 0 fully saturated rings. The van der Waals surface area contributed by atoms with E-state index < -0.39 is 10.9 Å². The van der Waals surface area contributed by atoms with Crippen LogP contribution in [0.1, 0.15) is 6.92 Å². The Morgan fingerprint density at radius 3 is 3.10 bits per heavy atom. The number of ether oxygens (including phenoxy) is 2. The first kappa shape index (κ1) is 14.4. The Morgan fingerprint density at radius 1 is 1.60 bits per heavy atom. The minimum absolute atomic E-state index is 0.0119. The first-order chi connectivity index (χ1) is 9.60. The van der Waals surface area contributed by atoms with Crippen molar-refractivity contribution in [3.05, 3.63) is 40.0 Å². The molecule has 1 aliphatic heterocycles. The molecule has 0 saturated carbocycles. The van der Waals surface area contributed by atoms with E-state index in [4.69, 9.17) is 9.47 Å². The fourth-order valence-electron chi connectivity index (χ4n) is 1.66. The number of nitrogens with zero attached hydrogens (tertiary/aromatic N) is 1. The first-order valence-electron chi connectivity index (χ1n) is 6.00. The molecule has 0 unspecified atom stereocenters. The van der Waals surface area contributed by atoms with Crippen LogP contribution < -0.4 is 4.74 Å². The lowest BCUT2D eigenvalue weighted by molar-refractivity contribution is -0.385. The highest BCUT2D eigenvalue weighted by Crippen LogP contribution is 2.36. The van der Waals surface area contributed by atoms with Gasteiger partial charge in [0, 0.05) is 17.9 Å². The van der Waals surface area contributed by atoms with Crippen LogP contribution in [0.2, 0.25) is 0 Å². The number of carbonyl (C=O) groups excluding carboxylic acids is 1. The normalized spacial score (nSPS) is 15.9. The van der Waals surface area contributed by atoms with Crippen LogP contribution in [0.25, 0.3) is 0 Å². The maximum absolute atomic E-state index is 11.4. The van der Waals surface area contributed by atoms with Crippen molar-refractivity contribution in [2.75, 3.05) is 19.0 Å². The van der Waals surface area contributed by atoms with Gasteiger partial charge in [0.25, 0.3) is 5.69 Å². The number of nitro benzene ring substituents is 1. The van der Waals surface area contributed by atoms with E-state index in [0.29, 0.717) is 18.1 Å². The fourth-order valence-corrected chi connectivity index (χ4v) is 2.59. The highest BCUT2D eigenvalue weighted by molar-refractivity contribution is 7.99. The molecule has 1 aromatic carbocycles. The maximum atomic E-state index is 11.4. The number of carbonyl (C=O) groups is 1. The minimum atomic E-state index is -0.464. The Labute approximate surface area is 119 Å². The number of benzene rings is 1. The van der Waals surface area contributed by atoms with Crippen LogP contribution in [0.15, 0.2) is 34.7 Å². The van der Waals surface area contributed by atoms with Gasteiger partial charge >= 0.3 is 5.97 Å². The van der Waals surface area contributed by atoms with E-state index in [0.717, 1.165) is 10.5 Å². The number of non-ortho nitro benzene ring substituents is 1. The summed E-state index contributed by atoms with van der Waals surface area (Å²) in [7, 11) is 0. The number of esters is 1. The van der Waals surface area contributed by atoms with Gasteiger partial charge in [0.2, 0.25) is 0 Å². The molecule has 1 aromatic rings. The van der Waals surface area contributed by atoms with E-state index in [1.54, 1.807) is 13.0 Å². The largest absolute Gasteiger partial charge is 0.488 e. The average Bonchev–Trinajstić information content (AvgIpc) is 2.61. The highest BCUT2D eigenvalue weighted by atomic mass is 32.2. The summed E-state index contributed by atoms with van der Waals surface area (Å²) in [5.41, 5.74) is 0.773. The van der Waals surface area contributed by atoms with Gasteiger partial charge in [-0.1, -0.05) is 0 Å². The summed E-state index contributed by atoms with van der Waals surface area (Å²) in [5.74, 6) is 0.656. The maximum Gasteiger partial charge on any atom is 0.330 e. The molecule has 0 spiro atoms. The first-order valence-corrected chi connectivity index (χ1v) is 6.99. The van der Waals surface area contributed by atoms with Crippen LogP contribution >= 0.6 is 11.8 Å². The summed E-state index contributed by atoms with van der Waals surface area (Å²) < 4.78 is 10.4. The number of rotatable bonds is 3. The van der Waals surface area contributed by atoms with Crippen LogP contribution in [0.3, 0.4) is 0 Å². The monoisotopic (exact) mass is 295 g/mol. The molecule has 2 rings (SSSR count). The zero-order valence-corrected chi connectivity index (χ0v) is 11.6. The smallest absolute Gasteiger partial charge is 0.330 e. The molecule has 0 radical (unpaired) electrons. The third-order valence-electron chi connectivity index (χ3n) is 2.57. The van der Waals surface area contributed by atoms with Gasteiger partial charge in [-0.2, -0.15) is 0 Å². The van der Waals surface area contributed by atoms with Crippen LogP contribution in [-0.2, 0) is 9.53 Å². The molecule has 1 aliphatic rings. The molecular formula is C13H13NO5S. The number of fused-ring (bicyclic) bond motifs is 1. The van der Waals surface area contributed by atoms with E-state index in [9.17, 15) is 14.9 Å². The zero-order valence-electron chi connectivity index (χ0n) is 10.8. The van der Waals surface area contributed by atoms with E-state index in [1.807, 2.05) is 0 Å². The molecule has 0 amide bonds. The lowest BCUT2D eigenvalue weighted by atomic mass is 10.3. The summed E-state index contributed by atoms with van der Waals surface area (Å²) in [6.45, 7) is 2.28. The Hall–Kier alpha value is -2.02. The fraction of sp³-hybridized carbons (Fsp3) is 0.308. The van der Waals surface area contributed by atoms with Gasteiger partial charge in [-0.05, 0) is 18.6 Å². The number of hydrogen-bond donors (Lipinski definition) is 0. The quantitative estimate of drug-likeness (QED) is 0.369. The number of hydrogen-bond acceptors (Lipinski definition) is 6. The Morgan fingerprint density at radius 2 is 2.40 bits per heavy atom. The van der Waals surface area contributed by atoms with Gasteiger partial charge in [0.1, 0.15) is 12.4 Å². The summed E-state index contributed by atoms with van der Waals surface area (Å²) in [6.07, 6.45) is 1.41. The zero-order chi connectivity index (χ0) is 14.5. The van der Waals surface area contributed by atoms with Crippen molar-refractivity contribution in [2.24, 2.45) is 0 Å². The van der Waals surface area contributed by atoms with Crippen LogP contribution in [-0.4, -0.2) is 29.9 Å². The summed E-state index contributed by atoms with van der Waals surface area (Å²) in [4.78, 5) is 22.5. The summed E-state index contributed by atoms with van der Waals surface area (Å²) >= 11 is 1.47. The van der Waals surface area contributed by atoms with Gasteiger partial charge in [0.05, 0.1) is 22.5 Å². The third-order valence-corrected chi connectivity index (χ3v) is 3.74. The number of thioether (sulfide) groups is 1. The molecule has 0 atom stereocenters. The van der Waals surface area contributed by atoms with E-state index >= 15 is 0 Å². The molecule has 0 saturated heterocycles. The van der Waals surface area contributed by atoms with Crippen molar-refractivity contribution in [2.45, 2.75) is 11.8 Å². The Kier molecular flexibility index (Phi) is 4.62. The topological polar surface area (TPSA) is 78.7 Å². The molecule has 6 nitrogen and oxygen atoms in total. The number of nitro groups is 1. The van der Waals surface area contributed by atoms with Crippen molar-refractivity contribution in [3.63, 3.8) is 0 Å². The summed E-state index contributed by atoms with van der Waals surface area (Å²) in [6, 6.07) is 4.50. The lowest BCUT2D eigenvalue weighted by Gasteiger charge is -2.05. The van der Waals surface area contributed by atoms with Crippen LogP contribution in [0, 0.1) is 10.1 Å². The lowest BCUT2D eigenvalue weighted by Crippen LogP contribution is -2.06. The molecule has 0 bridgehead atoms. The van der Waals surface area contributed by atoms with Crippen molar-refractivity contribution >= 4 is 23.4 Å². The highest BCUT2D eigenvalue weighted by Gasteiger charge is 2.17. The SMILES string of the molecule is CCOC(=O)/C=C1/COc2cc([N+](=O)[O-])ccc2SC1. The molecule has 20 heavy (non-hydrogen) atoms. The van der Waals surface area contributed by atoms with E-state index in [-0.39, 0.29) is 12.3 Å². The summed E-state index contributed by atoms with van der Waals surface area (Å²) in [5, 5.41) is 10.7. The van der Waals surface area contributed by atoms with Crippen molar-refractivity contribution in [3.8, 4) is 5.75 Å². The van der Waals surface area contributed by atoms with Crippen LogP contribution in [0.4, 0.5) is 5.69 Å². The van der Waals surface area contributed by atoms with Crippen LogP contribution in [0.5, 0.6) is 5.75 Å². The standard InChI is InChI=1S/C13H13NO5S/c1-2-18-13(15)5-9-7-19-11-6-10(14(16)17)3-4-12(11)20-8-9/h3-6H,2,7-8H2,1H3/b9-5-. The Balaban J connectivity index is 2.14. The second-order valence-corrected chi connectivity index (χ2v) is 5.04. The predicted molar refractivity (Wildman–Crippen MR) is 74.0 cm³/mol. The Bertz CT molecular complexity index is 570. The third kappa shape index (κ3) is 3.51. The van der Waals surface area contributed by atoms with Crippen molar-refractivity contribution < 1.29 is 19.2 Å². The van der Waals surface area contributed by atoms with Gasteiger partial charge in [-0.3, -0.25) is 10.1 Å². The molecule has 0 aromatic heterocycles. The van der Waals surface area contributed by atoms with Crippen molar-refractivity contribution in [1.29, 1.82) is 0 Å². The molecule has 7 heteroatoms. The predicted octanol–water partition coefficient (Wildman–Crippen LogP) is 2.57. The molecule has 106 valence electrons. The van der Waals surface area contributed by atoms with E-state index in [1.165, 1.54) is 30.0 Å². The average molecular weight is 295 g/mol. The molecule has 0 aliphatic carbocycles. The second-order valence-electron chi connectivity index (χ2n) is 4.02. The van der Waals surface area contributed by atoms with Gasteiger partial charge in [-0.15, -0.1) is 11.8 Å². The van der Waals surface area contributed by atoms with Gasteiger partial charge in [0.15, 0.2) is 0 Å². The van der Waals surface area contributed by atoms with Gasteiger partial charge < -0.3 is 9.47 Å². The molecule has 0 N–H and O–H groups in total. The second kappa shape index (κ2) is 6.42.